The van der Waals surface area contributed by atoms with Crippen LogP contribution in [-0.4, -0.2) is 24.7 Å². The zero-order valence-electron chi connectivity index (χ0n) is 11.4. The summed E-state index contributed by atoms with van der Waals surface area (Å²) in [6, 6.07) is 7.09. The van der Waals surface area contributed by atoms with Crippen molar-refractivity contribution in [1.29, 1.82) is 5.26 Å². The van der Waals surface area contributed by atoms with Crippen LogP contribution in [0, 0.1) is 16.7 Å². The Morgan fingerprint density at radius 2 is 2.26 bits per heavy atom. The van der Waals surface area contributed by atoms with Gasteiger partial charge in [0.05, 0.1) is 23.8 Å². The van der Waals surface area contributed by atoms with Gasteiger partial charge in [-0.15, -0.1) is 0 Å². The molecule has 0 aliphatic rings. The van der Waals surface area contributed by atoms with Gasteiger partial charge in [0.1, 0.15) is 11.8 Å². The number of methoxy groups -OCH3 is 1. The molecule has 0 bridgehead atoms. The van der Waals surface area contributed by atoms with Crippen LogP contribution >= 0.6 is 0 Å². The van der Waals surface area contributed by atoms with E-state index in [1.807, 2.05) is 6.92 Å². The zero-order valence-corrected chi connectivity index (χ0v) is 11.4. The van der Waals surface area contributed by atoms with Gasteiger partial charge < -0.3 is 15.2 Å². The summed E-state index contributed by atoms with van der Waals surface area (Å²) >= 11 is 0. The summed E-state index contributed by atoms with van der Waals surface area (Å²) < 4.78 is 5.09. The summed E-state index contributed by atoms with van der Waals surface area (Å²) in [5, 5.41) is 21.3. The van der Waals surface area contributed by atoms with Crippen LogP contribution in [0.3, 0.4) is 0 Å². The van der Waals surface area contributed by atoms with Crippen LogP contribution in [0.2, 0.25) is 0 Å². The molecule has 102 valence electrons. The Balaban J connectivity index is 2.93. The summed E-state index contributed by atoms with van der Waals surface area (Å²) in [7, 11) is 1.54. The highest BCUT2D eigenvalue weighted by Gasteiger charge is 2.30. The number of hydrogen-bond acceptors (Lipinski definition) is 4. The van der Waals surface area contributed by atoms with E-state index in [9.17, 15) is 9.90 Å². The van der Waals surface area contributed by atoms with Gasteiger partial charge in [-0.25, -0.2) is 0 Å². The molecule has 0 radical (unpaired) electrons. The SMILES string of the molecule is CCC(C)(CNc1cc(OC)ccc1C#N)C(=O)O. The molecule has 0 saturated carbocycles. The average Bonchev–Trinajstić information content (AvgIpc) is 2.44. The number of carboxylic acids is 1. The summed E-state index contributed by atoms with van der Waals surface area (Å²) in [6.45, 7) is 3.75. The average molecular weight is 262 g/mol. The van der Waals surface area contributed by atoms with Gasteiger partial charge >= 0.3 is 5.97 Å². The molecule has 1 unspecified atom stereocenters. The molecule has 0 aliphatic carbocycles. The van der Waals surface area contributed by atoms with Gasteiger partial charge in [-0.3, -0.25) is 4.79 Å². The number of anilines is 1. The smallest absolute Gasteiger partial charge is 0.311 e. The fraction of sp³-hybridized carbons (Fsp3) is 0.429. The van der Waals surface area contributed by atoms with Crippen molar-refractivity contribution < 1.29 is 14.6 Å². The molecule has 1 atom stereocenters. The number of rotatable bonds is 6. The Morgan fingerprint density at radius 1 is 1.58 bits per heavy atom. The minimum Gasteiger partial charge on any atom is -0.497 e. The predicted molar refractivity (Wildman–Crippen MR) is 72.2 cm³/mol. The van der Waals surface area contributed by atoms with E-state index < -0.39 is 11.4 Å². The van der Waals surface area contributed by atoms with Crippen molar-refractivity contribution in [2.24, 2.45) is 5.41 Å². The first kappa shape index (κ1) is 14.8. The molecule has 0 aliphatic heterocycles. The van der Waals surface area contributed by atoms with E-state index in [0.29, 0.717) is 23.4 Å². The minimum atomic E-state index is -0.865. The Hall–Kier alpha value is -2.22. The van der Waals surface area contributed by atoms with Crippen molar-refractivity contribution in [3.63, 3.8) is 0 Å². The molecule has 0 heterocycles. The fourth-order valence-electron chi connectivity index (χ4n) is 1.54. The Morgan fingerprint density at radius 3 is 2.74 bits per heavy atom. The first-order chi connectivity index (χ1) is 8.96. The van der Waals surface area contributed by atoms with Crippen molar-refractivity contribution in [2.45, 2.75) is 20.3 Å². The quantitative estimate of drug-likeness (QED) is 0.823. The van der Waals surface area contributed by atoms with Crippen molar-refractivity contribution in [3.8, 4) is 11.8 Å². The molecule has 0 saturated heterocycles. The third-order valence-electron chi connectivity index (χ3n) is 3.31. The Kier molecular flexibility index (Phi) is 4.76. The first-order valence-corrected chi connectivity index (χ1v) is 6.02. The molecule has 0 fully saturated rings. The molecular weight excluding hydrogens is 244 g/mol. The number of benzene rings is 1. The van der Waals surface area contributed by atoms with Crippen molar-refractivity contribution in [2.75, 3.05) is 19.0 Å². The van der Waals surface area contributed by atoms with Gasteiger partial charge in [0.25, 0.3) is 0 Å². The van der Waals surface area contributed by atoms with Crippen LogP contribution in [0.15, 0.2) is 18.2 Å². The molecule has 0 aromatic heterocycles. The lowest BCUT2D eigenvalue weighted by atomic mass is 9.87. The van der Waals surface area contributed by atoms with Crippen LogP contribution in [0.4, 0.5) is 5.69 Å². The van der Waals surface area contributed by atoms with E-state index in [-0.39, 0.29) is 6.54 Å². The maximum atomic E-state index is 11.2. The van der Waals surface area contributed by atoms with Crippen LogP contribution in [0.25, 0.3) is 0 Å². The molecule has 1 aromatic rings. The normalized spacial score (nSPS) is 13.2. The number of ether oxygens (including phenoxy) is 1. The second kappa shape index (κ2) is 6.10. The number of aliphatic carboxylic acids is 1. The number of hydrogen-bond donors (Lipinski definition) is 2. The third kappa shape index (κ3) is 3.38. The van der Waals surface area contributed by atoms with Gasteiger partial charge in [0.2, 0.25) is 0 Å². The lowest BCUT2D eigenvalue weighted by Gasteiger charge is -2.24. The second-order valence-electron chi connectivity index (χ2n) is 4.60. The third-order valence-corrected chi connectivity index (χ3v) is 3.31. The van der Waals surface area contributed by atoms with E-state index in [4.69, 9.17) is 10.00 Å². The van der Waals surface area contributed by atoms with Gasteiger partial charge in [0.15, 0.2) is 0 Å². The van der Waals surface area contributed by atoms with Crippen LogP contribution in [0.1, 0.15) is 25.8 Å². The maximum Gasteiger partial charge on any atom is 0.311 e. The molecule has 5 heteroatoms. The Labute approximate surface area is 112 Å². The van der Waals surface area contributed by atoms with Gasteiger partial charge in [0, 0.05) is 12.6 Å². The van der Waals surface area contributed by atoms with Crippen molar-refractivity contribution in [3.05, 3.63) is 23.8 Å². The highest BCUT2D eigenvalue weighted by molar-refractivity contribution is 5.75. The first-order valence-electron chi connectivity index (χ1n) is 6.02. The van der Waals surface area contributed by atoms with Crippen molar-refractivity contribution >= 4 is 11.7 Å². The molecule has 0 spiro atoms. The summed E-state index contributed by atoms with van der Waals surface area (Å²) in [6.07, 6.45) is 0.501. The van der Waals surface area contributed by atoms with Crippen LogP contribution < -0.4 is 10.1 Å². The molecule has 1 rings (SSSR count). The van der Waals surface area contributed by atoms with E-state index in [0.717, 1.165) is 0 Å². The standard InChI is InChI=1S/C14H18N2O3/c1-4-14(2,13(17)18)9-16-12-7-11(19-3)6-5-10(12)8-15/h5-7,16H,4,9H2,1-3H3,(H,17,18). The summed E-state index contributed by atoms with van der Waals surface area (Å²) in [5.74, 6) is -0.237. The molecular formula is C14H18N2O3. The van der Waals surface area contributed by atoms with E-state index in [1.54, 1.807) is 32.2 Å². The summed E-state index contributed by atoms with van der Waals surface area (Å²) in [4.78, 5) is 11.2. The largest absolute Gasteiger partial charge is 0.497 e. The van der Waals surface area contributed by atoms with Gasteiger partial charge in [-0.05, 0) is 25.5 Å². The highest BCUT2D eigenvalue weighted by Crippen LogP contribution is 2.26. The fourth-order valence-corrected chi connectivity index (χ4v) is 1.54. The maximum absolute atomic E-state index is 11.2. The minimum absolute atomic E-state index is 0.251. The highest BCUT2D eigenvalue weighted by atomic mass is 16.5. The predicted octanol–water partition coefficient (Wildman–Crippen LogP) is 2.48. The molecule has 1 aromatic carbocycles. The van der Waals surface area contributed by atoms with Gasteiger partial charge in [-0.2, -0.15) is 5.26 Å². The van der Waals surface area contributed by atoms with Crippen LogP contribution in [0.5, 0.6) is 5.75 Å². The second-order valence-corrected chi connectivity index (χ2v) is 4.60. The van der Waals surface area contributed by atoms with Crippen molar-refractivity contribution in [1.82, 2.24) is 0 Å². The lowest BCUT2D eigenvalue weighted by molar-refractivity contribution is -0.147. The monoisotopic (exact) mass is 262 g/mol. The molecule has 5 nitrogen and oxygen atoms in total. The van der Waals surface area contributed by atoms with E-state index >= 15 is 0 Å². The van der Waals surface area contributed by atoms with E-state index in [2.05, 4.69) is 11.4 Å². The zero-order chi connectivity index (χ0) is 14.5. The van der Waals surface area contributed by atoms with E-state index in [1.165, 1.54) is 0 Å². The molecule has 2 N–H and O–H groups in total. The Bertz CT molecular complexity index is 508. The van der Waals surface area contributed by atoms with Crippen LogP contribution in [-0.2, 0) is 4.79 Å². The topological polar surface area (TPSA) is 82.3 Å². The number of carboxylic acid groups (broad SMARTS) is 1. The molecule has 0 amide bonds. The lowest BCUT2D eigenvalue weighted by Crippen LogP contribution is -2.34. The number of nitrogens with zero attached hydrogens (tertiary/aromatic N) is 1. The molecule has 19 heavy (non-hydrogen) atoms. The number of nitriles is 1. The number of nitrogens with one attached hydrogen (secondary N) is 1. The summed E-state index contributed by atoms with van der Waals surface area (Å²) in [5.41, 5.74) is 0.183. The number of carbonyl (C=O) groups is 1. The van der Waals surface area contributed by atoms with Gasteiger partial charge in [-0.1, -0.05) is 6.92 Å².